The van der Waals surface area contributed by atoms with Gasteiger partial charge in [-0.1, -0.05) is 13.3 Å². The van der Waals surface area contributed by atoms with Gasteiger partial charge in [0, 0.05) is 13.0 Å². The van der Waals surface area contributed by atoms with Gasteiger partial charge in [-0.2, -0.15) is 10.5 Å². The first-order chi connectivity index (χ1) is 7.58. The molecule has 0 aromatic rings. The molecule has 0 rings (SSSR count). The SMILES string of the molecule is CCCC(C#N)S(=O)(=O)NCCCCC#N. The number of unbranched alkanes of at least 4 members (excludes halogenated alkanes) is 2. The molecule has 5 nitrogen and oxygen atoms in total. The van der Waals surface area contributed by atoms with Crippen molar-refractivity contribution in [1.29, 1.82) is 10.5 Å². The number of nitriles is 2. The van der Waals surface area contributed by atoms with Gasteiger partial charge in [0.25, 0.3) is 0 Å². The molecule has 0 aliphatic heterocycles. The molecule has 0 spiro atoms. The Morgan fingerprint density at radius 1 is 1.31 bits per heavy atom. The Morgan fingerprint density at radius 3 is 2.50 bits per heavy atom. The Labute approximate surface area is 97.1 Å². The van der Waals surface area contributed by atoms with Crippen molar-refractivity contribution < 1.29 is 8.42 Å². The second-order valence-corrected chi connectivity index (χ2v) is 5.41. The second kappa shape index (κ2) is 8.09. The first-order valence-electron chi connectivity index (χ1n) is 5.33. The highest BCUT2D eigenvalue weighted by Gasteiger charge is 2.23. The Morgan fingerprint density at radius 2 is 2.00 bits per heavy atom. The molecule has 0 radical (unpaired) electrons. The number of sulfonamides is 1. The number of nitrogens with one attached hydrogen (secondary N) is 1. The fourth-order valence-electron chi connectivity index (χ4n) is 1.20. The number of rotatable bonds is 8. The quantitative estimate of drug-likeness (QED) is 0.650. The van der Waals surface area contributed by atoms with Gasteiger partial charge in [-0.25, -0.2) is 13.1 Å². The molecule has 16 heavy (non-hydrogen) atoms. The van der Waals surface area contributed by atoms with Crippen LogP contribution in [0.3, 0.4) is 0 Å². The third-order valence-corrected chi connectivity index (χ3v) is 3.78. The van der Waals surface area contributed by atoms with Crippen LogP contribution in [0.15, 0.2) is 0 Å². The fourth-order valence-corrected chi connectivity index (χ4v) is 2.51. The van der Waals surface area contributed by atoms with Gasteiger partial charge in [-0.3, -0.25) is 0 Å². The van der Waals surface area contributed by atoms with E-state index in [1.54, 1.807) is 6.07 Å². The molecule has 0 aromatic carbocycles. The number of nitrogens with zero attached hydrogens (tertiary/aromatic N) is 2. The molecular weight excluding hydrogens is 226 g/mol. The molecule has 0 aromatic heterocycles. The minimum absolute atomic E-state index is 0.298. The molecule has 0 bridgehead atoms. The normalized spacial score (nSPS) is 12.7. The van der Waals surface area contributed by atoms with Crippen LogP contribution in [0.1, 0.15) is 39.0 Å². The van der Waals surface area contributed by atoms with Crippen LogP contribution in [-0.4, -0.2) is 20.2 Å². The zero-order chi connectivity index (χ0) is 12.4. The number of hydrogen-bond donors (Lipinski definition) is 1. The molecule has 0 saturated heterocycles. The van der Waals surface area contributed by atoms with Crippen molar-refractivity contribution in [1.82, 2.24) is 4.72 Å². The van der Waals surface area contributed by atoms with Gasteiger partial charge in [0.05, 0.1) is 12.1 Å². The molecule has 0 aliphatic rings. The highest BCUT2D eigenvalue weighted by atomic mass is 32.2. The molecule has 90 valence electrons. The van der Waals surface area contributed by atoms with Crippen molar-refractivity contribution in [2.24, 2.45) is 0 Å². The van der Waals surface area contributed by atoms with E-state index in [2.05, 4.69) is 4.72 Å². The van der Waals surface area contributed by atoms with Crippen molar-refractivity contribution in [3.8, 4) is 12.1 Å². The lowest BCUT2D eigenvalue weighted by molar-refractivity contribution is 0.565. The maximum Gasteiger partial charge on any atom is 0.227 e. The highest BCUT2D eigenvalue weighted by Crippen LogP contribution is 2.06. The van der Waals surface area contributed by atoms with Crippen molar-refractivity contribution in [3.63, 3.8) is 0 Å². The first-order valence-corrected chi connectivity index (χ1v) is 6.88. The van der Waals surface area contributed by atoms with E-state index >= 15 is 0 Å². The Bertz CT molecular complexity index is 365. The van der Waals surface area contributed by atoms with E-state index in [-0.39, 0.29) is 0 Å². The van der Waals surface area contributed by atoms with E-state index in [0.29, 0.717) is 38.6 Å². The third kappa shape index (κ3) is 5.69. The lowest BCUT2D eigenvalue weighted by Crippen LogP contribution is -2.34. The van der Waals surface area contributed by atoms with Crippen LogP contribution in [-0.2, 0) is 10.0 Å². The summed E-state index contributed by atoms with van der Waals surface area (Å²) in [5.41, 5.74) is 0. The largest absolute Gasteiger partial charge is 0.227 e. The molecule has 1 unspecified atom stereocenters. The smallest absolute Gasteiger partial charge is 0.214 e. The summed E-state index contributed by atoms with van der Waals surface area (Å²) in [4.78, 5) is 0. The van der Waals surface area contributed by atoms with Crippen LogP contribution < -0.4 is 4.72 Å². The van der Waals surface area contributed by atoms with Crippen molar-refractivity contribution >= 4 is 10.0 Å². The van der Waals surface area contributed by atoms with Crippen molar-refractivity contribution in [2.45, 2.75) is 44.3 Å². The van der Waals surface area contributed by atoms with Crippen LogP contribution in [0, 0.1) is 22.7 Å². The molecular formula is C10H17N3O2S. The first kappa shape index (κ1) is 14.9. The predicted molar refractivity (Wildman–Crippen MR) is 60.7 cm³/mol. The molecule has 1 atom stereocenters. The summed E-state index contributed by atoms with van der Waals surface area (Å²) in [5, 5.41) is 16.0. The molecule has 0 saturated carbocycles. The van der Waals surface area contributed by atoms with E-state index in [4.69, 9.17) is 10.5 Å². The number of hydrogen-bond acceptors (Lipinski definition) is 4. The van der Waals surface area contributed by atoms with Crippen molar-refractivity contribution in [3.05, 3.63) is 0 Å². The van der Waals surface area contributed by atoms with Gasteiger partial charge in [0.1, 0.15) is 0 Å². The van der Waals surface area contributed by atoms with E-state index in [0.717, 1.165) is 0 Å². The Kier molecular flexibility index (Phi) is 7.53. The molecule has 0 aliphatic carbocycles. The summed E-state index contributed by atoms with van der Waals surface area (Å²) in [7, 11) is -3.52. The Balaban J connectivity index is 4.05. The molecule has 1 N–H and O–H groups in total. The van der Waals surface area contributed by atoms with Gasteiger partial charge in [0.2, 0.25) is 10.0 Å². The summed E-state index contributed by atoms with van der Waals surface area (Å²) >= 11 is 0. The molecule has 0 amide bonds. The topological polar surface area (TPSA) is 93.8 Å². The zero-order valence-corrected chi connectivity index (χ0v) is 10.3. The van der Waals surface area contributed by atoms with Gasteiger partial charge in [-0.15, -0.1) is 0 Å². The van der Waals surface area contributed by atoms with E-state index in [1.165, 1.54) is 0 Å². The fraction of sp³-hybridized carbons (Fsp3) is 0.800. The summed E-state index contributed by atoms with van der Waals surface area (Å²) in [5.74, 6) is 0. The maximum atomic E-state index is 11.6. The highest BCUT2D eigenvalue weighted by molar-refractivity contribution is 7.90. The lowest BCUT2D eigenvalue weighted by atomic mass is 10.2. The van der Waals surface area contributed by atoms with Gasteiger partial charge >= 0.3 is 0 Å². The average molecular weight is 243 g/mol. The molecule has 0 fully saturated rings. The van der Waals surface area contributed by atoms with E-state index in [1.807, 2.05) is 13.0 Å². The van der Waals surface area contributed by atoms with Crippen LogP contribution in [0.4, 0.5) is 0 Å². The predicted octanol–water partition coefficient (Wildman–Crippen LogP) is 1.29. The molecule has 0 heterocycles. The van der Waals surface area contributed by atoms with Gasteiger partial charge in [-0.05, 0) is 19.3 Å². The van der Waals surface area contributed by atoms with Crippen LogP contribution in [0.5, 0.6) is 0 Å². The van der Waals surface area contributed by atoms with Gasteiger partial charge < -0.3 is 0 Å². The summed E-state index contributed by atoms with van der Waals surface area (Å²) < 4.78 is 25.6. The minimum Gasteiger partial charge on any atom is -0.214 e. The third-order valence-electron chi connectivity index (χ3n) is 2.09. The van der Waals surface area contributed by atoms with E-state index < -0.39 is 15.3 Å². The van der Waals surface area contributed by atoms with Crippen LogP contribution >= 0.6 is 0 Å². The van der Waals surface area contributed by atoms with E-state index in [9.17, 15) is 8.42 Å². The van der Waals surface area contributed by atoms with Crippen LogP contribution in [0.25, 0.3) is 0 Å². The lowest BCUT2D eigenvalue weighted by Gasteiger charge is -2.10. The summed E-state index contributed by atoms with van der Waals surface area (Å²) in [6, 6.07) is 3.78. The van der Waals surface area contributed by atoms with Gasteiger partial charge in [0.15, 0.2) is 5.25 Å². The summed E-state index contributed by atoms with van der Waals surface area (Å²) in [6.07, 6.45) is 2.73. The minimum atomic E-state index is -3.52. The van der Waals surface area contributed by atoms with Crippen molar-refractivity contribution in [2.75, 3.05) is 6.54 Å². The zero-order valence-electron chi connectivity index (χ0n) is 9.44. The average Bonchev–Trinajstić information content (AvgIpc) is 2.25. The standard InChI is InChI=1S/C10H17N3O2S/c1-2-6-10(9-12)16(14,15)13-8-5-3-4-7-11/h10,13H,2-6,8H2,1H3. The second-order valence-electron chi connectivity index (χ2n) is 3.46. The molecule has 6 heteroatoms. The monoisotopic (exact) mass is 243 g/mol. The summed E-state index contributed by atoms with van der Waals surface area (Å²) in [6.45, 7) is 2.14. The Hall–Kier alpha value is -1.11. The maximum absolute atomic E-state index is 11.6. The van der Waals surface area contributed by atoms with Crippen LogP contribution in [0.2, 0.25) is 0 Å².